The molecule has 4 nitrogen and oxygen atoms in total. The van der Waals surface area contributed by atoms with Crippen molar-refractivity contribution in [1.82, 2.24) is 5.32 Å². The van der Waals surface area contributed by atoms with Gasteiger partial charge in [-0.1, -0.05) is 11.8 Å². The molecule has 1 aromatic heterocycles. The molecule has 1 unspecified atom stereocenters. The average Bonchev–Trinajstić information content (AvgIpc) is 2.91. The lowest BCUT2D eigenvalue weighted by atomic mass is 10.0. The Kier molecular flexibility index (Phi) is 5.40. The Labute approximate surface area is 117 Å². The second-order valence-corrected chi connectivity index (χ2v) is 5.57. The molecule has 1 fully saturated rings. The van der Waals surface area contributed by atoms with E-state index in [1.165, 1.54) is 0 Å². The van der Waals surface area contributed by atoms with Gasteiger partial charge < -0.3 is 15.8 Å². The van der Waals surface area contributed by atoms with Gasteiger partial charge in [-0.2, -0.15) is 0 Å². The SMILES string of the molecule is NCC#Cc1ccc(CNC(=O)C2CCCOC2)s1. The van der Waals surface area contributed by atoms with Gasteiger partial charge >= 0.3 is 0 Å². The van der Waals surface area contributed by atoms with Crippen molar-refractivity contribution in [2.75, 3.05) is 19.8 Å². The highest BCUT2D eigenvalue weighted by atomic mass is 32.1. The largest absolute Gasteiger partial charge is 0.381 e. The normalized spacial score (nSPS) is 18.5. The van der Waals surface area contributed by atoms with E-state index in [1.807, 2.05) is 12.1 Å². The molecule has 1 saturated heterocycles. The fourth-order valence-corrected chi connectivity index (χ4v) is 2.77. The van der Waals surface area contributed by atoms with E-state index in [0.717, 1.165) is 29.2 Å². The molecule has 1 aromatic rings. The van der Waals surface area contributed by atoms with Crippen molar-refractivity contribution in [3.05, 3.63) is 21.9 Å². The number of hydrogen-bond donors (Lipinski definition) is 2. The molecule has 0 saturated carbocycles. The second-order valence-electron chi connectivity index (χ2n) is 4.40. The van der Waals surface area contributed by atoms with Crippen LogP contribution < -0.4 is 11.1 Å². The number of hydrogen-bond acceptors (Lipinski definition) is 4. The van der Waals surface area contributed by atoms with Crippen LogP contribution in [0.1, 0.15) is 22.6 Å². The number of ether oxygens (including phenoxy) is 1. The molecule has 3 N–H and O–H groups in total. The first kappa shape index (κ1) is 14.1. The number of carbonyl (C=O) groups is 1. The number of rotatable bonds is 3. The van der Waals surface area contributed by atoms with Gasteiger partial charge in [-0.25, -0.2) is 0 Å². The summed E-state index contributed by atoms with van der Waals surface area (Å²) in [5.74, 6) is 5.90. The molecule has 5 heteroatoms. The number of nitrogens with one attached hydrogen (secondary N) is 1. The molecule has 2 rings (SSSR count). The van der Waals surface area contributed by atoms with Gasteiger partial charge in [0.25, 0.3) is 0 Å². The highest BCUT2D eigenvalue weighted by molar-refractivity contribution is 7.12. The van der Waals surface area contributed by atoms with Crippen LogP contribution in [0.5, 0.6) is 0 Å². The molecule has 1 amide bonds. The topological polar surface area (TPSA) is 64.3 Å². The van der Waals surface area contributed by atoms with Crippen molar-refractivity contribution in [3.63, 3.8) is 0 Å². The summed E-state index contributed by atoms with van der Waals surface area (Å²) < 4.78 is 5.32. The molecule has 102 valence electrons. The molecule has 0 aromatic carbocycles. The first-order valence-corrected chi connectivity index (χ1v) is 7.24. The summed E-state index contributed by atoms with van der Waals surface area (Å²) >= 11 is 1.59. The molecule has 1 atom stereocenters. The summed E-state index contributed by atoms with van der Waals surface area (Å²) in [6, 6.07) is 3.95. The quantitative estimate of drug-likeness (QED) is 0.814. The van der Waals surface area contributed by atoms with Crippen LogP contribution in [-0.2, 0) is 16.1 Å². The van der Waals surface area contributed by atoms with Crippen LogP contribution in [0, 0.1) is 17.8 Å². The number of carbonyl (C=O) groups excluding carboxylic acids is 1. The second kappa shape index (κ2) is 7.29. The molecular weight excluding hydrogens is 260 g/mol. The lowest BCUT2D eigenvalue weighted by Crippen LogP contribution is -2.35. The maximum Gasteiger partial charge on any atom is 0.225 e. The minimum atomic E-state index is 0.00483. The van der Waals surface area contributed by atoms with Gasteiger partial charge in [0.2, 0.25) is 5.91 Å². The van der Waals surface area contributed by atoms with Crippen molar-refractivity contribution in [3.8, 4) is 11.8 Å². The minimum Gasteiger partial charge on any atom is -0.381 e. The standard InChI is InChI=1S/C14H18N2O2S/c15-7-1-4-12-5-6-13(19-12)9-16-14(17)11-3-2-8-18-10-11/h5-6,11H,2-3,7-10,15H2,(H,16,17). The van der Waals surface area contributed by atoms with Crippen LogP contribution in [0.2, 0.25) is 0 Å². The summed E-state index contributed by atoms with van der Waals surface area (Å²) in [5.41, 5.74) is 5.33. The van der Waals surface area contributed by atoms with Gasteiger partial charge in [-0.05, 0) is 25.0 Å². The van der Waals surface area contributed by atoms with Crippen molar-refractivity contribution >= 4 is 17.2 Å². The fraction of sp³-hybridized carbons (Fsp3) is 0.500. The summed E-state index contributed by atoms with van der Waals surface area (Å²) in [5, 5.41) is 2.96. The fourth-order valence-electron chi connectivity index (χ4n) is 1.94. The zero-order valence-electron chi connectivity index (χ0n) is 10.8. The lowest BCUT2D eigenvalue weighted by molar-refractivity contribution is -0.129. The van der Waals surface area contributed by atoms with Gasteiger partial charge in [0.1, 0.15) is 0 Å². The van der Waals surface area contributed by atoms with E-state index < -0.39 is 0 Å². The van der Waals surface area contributed by atoms with Crippen LogP contribution in [0.3, 0.4) is 0 Å². The Morgan fingerprint density at radius 2 is 2.47 bits per heavy atom. The molecule has 19 heavy (non-hydrogen) atoms. The van der Waals surface area contributed by atoms with Gasteiger partial charge in [0.15, 0.2) is 0 Å². The summed E-state index contributed by atoms with van der Waals surface area (Å²) in [6.45, 7) is 2.25. The molecule has 0 radical (unpaired) electrons. The molecule has 0 bridgehead atoms. The zero-order chi connectivity index (χ0) is 13.5. The third-order valence-electron chi connectivity index (χ3n) is 2.94. The predicted octanol–water partition coefficient (Wildman–Crippen LogP) is 1.10. The average molecular weight is 278 g/mol. The Hall–Kier alpha value is -1.35. The van der Waals surface area contributed by atoms with E-state index in [9.17, 15) is 4.79 Å². The van der Waals surface area contributed by atoms with Crippen LogP contribution in [0.15, 0.2) is 12.1 Å². The van der Waals surface area contributed by atoms with E-state index >= 15 is 0 Å². The third kappa shape index (κ3) is 4.35. The van der Waals surface area contributed by atoms with Gasteiger partial charge in [0, 0.05) is 11.5 Å². The van der Waals surface area contributed by atoms with Crippen molar-refractivity contribution in [1.29, 1.82) is 0 Å². The third-order valence-corrected chi connectivity index (χ3v) is 3.94. The maximum absolute atomic E-state index is 11.9. The van der Waals surface area contributed by atoms with Gasteiger partial charge in [-0.15, -0.1) is 11.3 Å². The number of amides is 1. The van der Waals surface area contributed by atoms with Gasteiger partial charge in [-0.3, -0.25) is 4.79 Å². The van der Waals surface area contributed by atoms with Crippen LogP contribution in [0.25, 0.3) is 0 Å². The summed E-state index contributed by atoms with van der Waals surface area (Å²) in [6.07, 6.45) is 1.89. The Morgan fingerprint density at radius 3 is 3.21 bits per heavy atom. The van der Waals surface area contributed by atoms with E-state index in [-0.39, 0.29) is 11.8 Å². The molecule has 1 aliphatic rings. The number of nitrogens with two attached hydrogens (primary N) is 1. The van der Waals surface area contributed by atoms with Crippen molar-refractivity contribution < 1.29 is 9.53 Å². The summed E-state index contributed by atoms with van der Waals surface area (Å²) in [4.78, 5) is 14.0. The Bertz CT molecular complexity index is 481. The molecule has 2 heterocycles. The molecular formula is C14H18N2O2S. The lowest BCUT2D eigenvalue weighted by Gasteiger charge is -2.20. The minimum absolute atomic E-state index is 0.00483. The van der Waals surface area contributed by atoms with Crippen molar-refractivity contribution in [2.24, 2.45) is 11.7 Å². The van der Waals surface area contributed by atoms with Crippen LogP contribution in [0.4, 0.5) is 0 Å². The van der Waals surface area contributed by atoms with Crippen LogP contribution in [-0.4, -0.2) is 25.7 Å². The van der Waals surface area contributed by atoms with Crippen molar-refractivity contribution in [2.45, 2.75) is 19.4 Å². The van der Waals surface area contributed by atoms with E-state index in [1.54, 1.807) is 11.3 Å². The first-order chi connectivity index (χ1) is 9.29. The first-order valence-electron chi connectivity index (χ1n) is 6.42. The van der Waals surface area contributed by atoms with E-state index in [0.29, 0.717) is 19.7 Å². The predicted molar refractivity (Wildman–Crippen MR) is 75.6 cm³/mol. The Morgan fingerprint density at radius 1 is 1.58 bits per heavy atom. The highest BCUT2D eigenvalue weighted by Gasteiger charge is 2.21. The highest BCUT2D eigenvalue weighted by Crippen LogP contribution is 2.17. The molecule has 0 spiro atoms. The monoisotopic (exact) mass is 278 g/mol. The number of thiophene rings is 1. The van der Waals surface area contributed by atoms with E-state index in [2.05, 4.69) is 17.2 Å². The zero-order valence-corrected chi connectivity index (χ0v) is 11.6. The Balaban J connectivity index is 1.81. The molecule has 0 aliphatic carbocycles. The molecule has 1 aliphatic heterocycles. The smallest absolute Gasteiger partial charge is 0.225 e. The summed E-state index contributed by atoms with van der Waals surface area (Å²) in [7, 11) is 0. The van der Waals surface area contributed by atoms with Gasteiger partial charge in [0.05, 0.1) is 30.5 Å². The maximum atomic E-state index is 11.9. The van der Waals surface area contributed by atoms with Crippen LogP contribution >= 0.6 is 11.3 Å². The van der Waals surface area contributed by atoms with E-state index in [4.69, 9.17) is 10.5 Å².